The van der Waals surface area contributed by atoms with Crippen molar-refractivity contribution < 1.29 is 18.8 Å². The Kier molecular flexibility index (Phi) is 7.54. The van der Waals surface area contributed by atoms with Gasteiger partial charge in [0.25, 0.3) is 5.56 Å². The molecule has 0 bridgehead atoms. The van der Waals surface area contributed by atoms with Gasteiger partial charge in [-0.2, -0.15) is 9.78 Å². The number of nitro groups is 1. The van der Waals surface area contributed by atoms with Gasteiger partial charge < -0.3 is 13.9 Å². The number of aromatic nitrogens is 2. The van der Waals surface area contributed by atoms with Crippen LogP contribution in [0, 0.1) is 10.1 Å². The maximum Gasteiger partial charge on any atom is 0.313 e. The molecule has 0 saturated heterocycles. The Labute approximate surface area is 253 Å². The number of fused-ring (bicyclic) bond motifs is 2. The lowest BCUT2D eigenvalue weighted by atomic mass is 10.2. The molecule has 0 unspecified atom stereocenters. The van der Waals surface area contributed by atoms with Crippen LogP contribution >= 0.6 is 23.2 Å². The standard InChI is InChI=1S/C31H20Cl2N4O6/c1-41-26-7-4-8-27-23(26)15-28(43-27)30-35-24-6-3-2-5-22(24)31(38)36(30)34-16-19-13-21(33)14-25(37(39)40)29(19)42-17-18-9-11-20(32)12-10-18/h2-16H,17H2,1H3. The Morgan fingerprint density at radius 1 is 1.00 bits per heavy atom. The predicted molar refractivity (Wildman–Crippen MR) is 165 cm³/mol. The monoisotopic (exact) mass is 614 g/mol. The Balaban J connectivity index is 1.50. The first-order valence-electron chi connectivity index (χ1n) is 12.8. The van der Waals surface area contributed by atoms with Gasteiger partial charge in [0.2, 0.25) is 11.6 Å². The molecule has 0 radical (unpaired) electrons. The molecule has 6 rings (SSSR count). The minimum Gasteiger partial charge on any atom is -0.496 e. The number of nitrogens with zero attached hydrogens (tertiary/aromatic N) is 4. The molecule has 2 aromatic heterocycles. The fraction of sp³-hybridized carbons (Fsp3) is 0.0645. The molecule has 12 heteroatoms. The number of para-hydroxylation sites is 1. The summed E-state index contributed by atoms with van der Waals surface area (Å²) in [6, 6.07) is 23.4. The molecular formula is C31H20Cl2N4O6. The average Bonchev–Trinajstić information content (AvgIpc) is 3.45. The van der Waals surface area contributed by atoms with Crippen molar-refractivity contribution >= 4 is 57.0 Å². The first-order valence-corrected chi connectivity index (χ1v) is 13.6. The summed E-state index contributed by atoms with van der Waals surface area (Å²) in [5.41, 5.74) is 1.02. The smallest absolute Gasteiger partial charge is 0.313 e. The molecule has 0 spiro atoms. The van der Waals surface area contributed by atoms with Crippen LogP contribution in [0.5, 0.6) is 11.5 Å². The zero-order valence-electron chi connectivity index (χ0n) is 22.4. The second kappa shape index (κ2) is 11.6. The number of ether oxygens (including phenoxy) is 2. The van der Waals surface area contributed by atoms with E-state index in [0.29, 0.717) is 32.6 Å². The highest BCUT2D eigenvalue weighted by Gasteiger charge is 2.22. The van der Waals surface area contributed by atoms with Crippen molar-refractivity contribution in [1.29, 1.82) is 0 Å². The third-order valence-electron chi connectivity index (χ3n) is 6.58. The van der Waals surface area contributed by atoms with E-state index in [2.05, 4.69) is 10.1 Å². The number of halogens is 2. The van der Waals surface area contributed by atoms with Crippen LogP contribution in [0.4, 0.5) is 5.69 Å². The zero-order chi connectivity index (χ0) is 30.1. The summed E-state index contributed by atoms with van der Waals surface area (Å²) in [4.78, 5) is 29.7. The van der Waals surface area contributed by atoms with Crippen LogP contribution in [0.1, 0.15) is 11.1 Å². The Hall–Kier alpha value is -5.19. The van der Waals surface area contributed by atoms with E-state index in [4.69, 9.17) is 37.1 Å². The summed E-state index contributed by atoms with van der Waals surface area (Å²) in [6.07, 6.45) is 1.26. The lowest BCUT2D eigenvalue weighted by Crippen LogP contribution is -2.20. The third-order valence-corrected chi connectivity index (χ3v) is 7.05. The van der Waals surface area contributed by atoms with E-state index in [1.54, 1.807) is 79.9 Å². The van der Waals surface area contributed by atoms with Crippen LogP contribution in [-0.2, 0) is 6.61 Å². The second-order valence-corrected chi connectivity index (χ2v) is 10.2. The van der Waals surface area contributed by atoms with E-state index in [1.165, 1.54) is 18.3 Å². The van der Waals surface area contributed by atoms with Crippen molar-refractivity contribution in [3.05, 3.63) is 127 Å². The Bertz CT molecular complexity index is 2100. The van der Waals surface area contributed by atoms with Gasteiger partial charge in [0, 0.05) is 21.7 Å². The average molecular weight is 615 g/mol. The second-order valence-electron chi connectivity index (χ2n) is 9.31. The molecule has 0 fully saturated rings. The van der Waals surface area contributed by atoms with E-state index >= 15 is 0 Å². The molecule has 10 nitrogen and oxygen atoms in total. The van der Waals surface area contributed by atoms with Crippen molar-refractivity contribution in [3.63, 3.8) is 0 Å². The number of benzene rings is 4. The van der Waals surface area contributed by atoms with Gasteiger partial charge in [-0.3, -0.25) is 14.9 Å². The molecule has 0 N–H and O–H groups in total. The molecule has 2 heterocycles. The number of rotatable bonds is 8. The number of hydrogen-bond acceptors (Lipinski definition) is 8. The molecular weight excluding hydrogens is 595 g/mol. The van der Waals surface area contributed by atoms with Gasteiger partial charge in [0.1, 0.15) is 17.9 Å². The highest BCUT2D eigenvalue weighted by Crippen LogP contribution is 2.35. The van der Waals surface area contributed by atoms with Crippen LogP contribution in [-0.4, -0.2) is 27.9 Å². The molecule has 0 aliphatic carbocycles. The van der Waals surface area contributed by atoms with Crippen LogP contribution in [0.15, 0.2) is 99.2 Å². The summed E-state index contributed by atoms with van der Waals surface area (Å²) in [5.74, 6) is 0.874. The Morgan fingerprint density at radius 3 is 2.56 bits per heavy atom. The zero-order valence-corrected chi connectivity index (χ0v) is 23.9. The summed E-state index contributed by atoms with van der Waals surface area (Å²) in [7, 11) is 1.55. The number of methoxy groups -OCH3 is 1. The van der Waals surface area contributed by atoms with Crippen molar-refractivity contribution in [2.75, 3.05) is 7.11 Å². The van der Waals surface area contributed by atoms with Crippen LogP contribution in [0.3, 0.4) is 0 Å². The summed E-state index contributed by atoms with van der Waals surface area (Å²) >= 11 is 12.2. The predicted octanol–water partition coefficient (Wildman–Crippen LogP) is 7.49. The quantitative estimate of drug-likeness (QED) is 0.0988. The highest BCUT2D eigenvalue weighted by molar-refractivity contribution is 6.31. The fourth-order valence-electron chi connectivity index (χ4n) is 4.56. The molecule has 6 aromatic rings. The van der Waals surface area contributed by atoms with E-state index in [0.717, 1.165) is 10.2 Å². The van der Waals surface area contributed by atoms with Crippen molar-refractivity contribution in [1.82, 2.24) is 9.66 Å². The van der Waals surface area contributed by atoms with E-state index < -0.39 is 10.5 Å². The van der Waals surface area contributed by atoms with Crippen molar-refractivity contribution in [2.24, 2.45) is 5.10 Å². The largest absolute Gasteiger partial charge is 0.496 e. The summed E-state index contributed by atoms with van der Waals surface area (Å²) in [6.45, 7) is 0.00400. The lowest BCUT2D eigenvalue weighted by molar-refractivity contribution is -0.385. The maximum absolute atomic E-state index is 13.7. The van der Waals surface area contributed by atoms with E-state index in [9.17, 15) is 14.9 Å². The maximum atomic E-state index is 13.7. The molecule has 0 aliphatic rings. The van der Waals surface area contributed by atoms with Gasteiger partial charge in [-0.1, -0.05) is 53.5 Å². The molecule has 0 amide bonds. The first kappa shape index (κ1) is 28.0. The van der Waals surface area contributed by atoms with Gasteiger partial charge >= 0.3 is 5.69 Å². The lowest BCUT2D eigenvalue weighted by Gasteiger charge is -2.11. The van der Waals surface area contributed by atoms with Crippen LogP contribution in [0.2, 0.25) is 10.0 Å². The minimum absolute atomic E-state index is 0.00400. The van der Waals surface area contributed by atoms with E-state index in [1.807, 2.05) is 0 Å². The number of furan rings is 1. The third kappa shape index (κ3) is 5.53. The molecule has 0 atom stereocenters. The van der Waals surface area contributed by atoms with Gasteiger partial charge in [-0.25, -0.2) is 4.98 Å². The van der Waals surface area contributed by atoms with Gasteiger partial charge in [-0.05, 0) is 54.1 Å². The topological polar surface area (TPSA) is 122 Å². The van der Waals surface area contributed by atoms with Gasteiger partial charge in [0.15, 0.2) is 5.76 Å². The summed E-state index contributed by atoms with van der Waals surface area (Å²) in [5, 5.41) is 18.0. The van der Waals surface area contributed by atoms with Crippen molar-refractivity contribution in [3.8, 4) is 23.1 Å². The molecule has 0 aliphatic heterocycles. The molecule has 43 heavy (non-hydrogen) atoms. The number of nitro benzene ring substituents is 1. The number of hydrogen-bond donors (Lipinski definition) is 0. The normalized spacial score (nSPS) is 11.4. The Morgan fingerprint density at radius 2 is 1.79 bits per heavy atom. The van der Waals surface area contributed by atoms with Gasteiger partial charge in [0.05, 0.1) is 34.5 Å². The van der Waals surface area contributed by atoms with Crippen molar-refractivity contribution in [2.45, 2.75) is 6.61 Å². The molecule has 4 aromatic carbocycles. The van der Waals surface area contributed by atoms with E-state index in [-0.39, 0.29) is 40.2 Å². The first-order chi connectivity index (χ1) is 20.8. The summed E-state index contributed by atoms with van der Waals surface area (Å²) < 4.78 is 18.5. The van der Waals surface area contributed by atoms with Crippen LogP contribution < -0.4 is 15.0 Å². The fourth-order valence-corrected chi connectivity index (χ4v) is 4.90. The molecule has 0 saturated carbocycles. The molecule has 214 valence electrons. The minimum atomic E-state index is -0.600. The van der Waals surface area contributed by atoms with Crippen LogP contribution in [0.25, 0.3) is 33.5 Å². The van der Waals surface area contributed by atoms with Gasteiger partial charge in [-0.15, -0.1) is 0 Å². The SMILES string of the molecule is COc1cccc2oc(-c3nc4ccccc4c(=O)n3N=Cc3cc(Cl)cc([N+](=O)[O-])c3OCc3ccc(Cl)cc3)cc12. The highest BCUT2D eigenvalue weighted by atomic mass is 35.5.